The molecule has 11 heteroatoms. The van der Waals surface area contributed by atoms with E-state index in [1.54, 1.807) is 52.0 Å². The fraction of sp³-hybridized carbons (Fsp3) is 0.333. The van der Waals surface area contributed by atoms with Gasteiger partial charge in [-0.1, -0.05) is 32.0 Å². The maximum absolute atomic E-state index is 13.8. The van der Waals surface area contributed by atoms with Crippen molar-refractivity contribution in [2.24, 2.45) is 0 Å². The molecular weight excluding hydrogens is 514 g/mol. The molecule has 1 amide bonds. The number of amides is 1. The molecule has 1 N–H and O–H groups in total. The zero-order valence-electron chi connectivity index (χ0n) is 20.8. The number of halogens is 6. The quantitative estimate of drug-likeness (QED) is 0.291. The number of fused-ring (bicyclic) bond motifs is 3. The van der Waals surface area contributed by atoms with Gasteiger partial charge in [0.25, 0.3) is 5.91 Å². The van der Waals surface area contributed by atoms with E-state index in [1.165, 1.54) is 0 Å². The second kappa shape index (κ2) is 9.21. The highest BCUT2D eigenvalue weighted by atomic mass is 19.4. The van der Waals surface area contributed by atoms with Crippen LogP contribution < -0.4 is 0 Å². The van der Waals surface area contributed by atoms with E-state index in [0.29, 0.717) is 16.8 Å². The lowest BCUT2D eigenvalue weighted by Gasteiger charge is -2.30. The Kier molecular flexibility index (Phi) is 6.61. The molecule has 0 bridgehead atoms. The Bertz CT molecular complexity index is 1450. The number of para-hydroxylation sites is 1. The van der Waals surface area contributed by atoms with Crippen molar-refractivity contribution in [3.63, 3.8) is 0 Å². The first-order valence-electron chi connectivity index (χ1n) is 11.6. The fourth-order valence-corrected chi connectivity index (χ4v) is 4.68. The summed E-state index contributed by atoms with van der Waals surface area (Å²) in [6.45, 7) is 6.44. The molecule has 4 rings (SSSR count). The normalized spacial score (nSPS) is 15.8. The molecule has 1 aromatic heterocycles. The number of carbonyl (C=O) groups excluding carboxylic acids is 2. The molecule has 0 spiro atoms. The second-order valence-corrected chi connectivity index (χ2v) is 9.99. The van der Waals surface area contributed by atoms with Crippen molar-refractivity contribution in [2.45, 2.75) is 51.6 Å². The van der Waals surface area contributed by atoms with Crippen LogP contribution in [0.4, 0.5) is 26.3 Å². The largest absolute Gasteiger partial charge is 0.459 e. The first-order valence-corrected chi connectivity index (χ1v) is 11.6. The predicted octanol–water partition coefficient (Wildman–Crippen LogP) is 6.93. The number of hydrogen-bond donors (Lipinski definition) is 1. The Balaban J connectivity index is 1.94. The third-order valence-electron chi connectivity index (χ3n) is 6.21. The van der Waals surface area contributed by atoms with Gasteiger partial charge in [0.05, 0.1) is 34.1 Å². The zero-order chi connectivity index (χ0) is 28.2. The topological polar surface area (TPSA) is 62.4 Å². The standard InChI is InChI=1S/C27H24F6N2O3/c1-14(2)38-24(37)18-12-35(13-25(3,4)21-16-7-5-6-8-20(16)34-22(18)21)23(36)17-11-15(26(28,29)30)9-10-19(17)27(31,32)33/h5-12,14,34H,13H2,1-4H3. The minimum absolute atomic E-state index is 0.135. The second-order valence-electron chi connectivity index (χ2n) is 9.99. The number of aromatic nitrogens is 1. The van der Waals surface area contributed by atoms with Crippen LogP contribution in [0.25, 0.3) is 16.5 Å². The van der Waals surface area contributed by atoms with Crippen LogP contribution in [0, 0.1) is 0 Å². The van der Waals surface area contributed by atoms with Gasteiger partial charge in [0.15, 0.2) is 0 Å². The summed E-state index contributed by atoms with van der Waals surface area (Å²) < 4.78 is 86.8. The van der Waals surface area contributed by atoms with Crippen molar-refractivity contribution in [2.75, 3.05) is 6.54 Å². The smallest absolute Gasteiger partial charge is 0.417 e. The van der Waals surface area contributed by atoms with Gasteiger partial charge in [-0.05, 0) is 43.7 Å². The Labute approximate surface area is 214 Å². The van der Waals surface area contributed by atoms with Gasteiger partial charge in [0.1, 0.15) is 0 Å². The number of ether oxygens (including phenoxy) is 1. The monoisotopic (exact) mass is 538 g/mol. The third kappa shape index (κ3) is 5.01. The maximum atomic E-state index is 13.8. The third-order valence-corrected chi connectivity index (χ3v) is 6.21. The van der Waals surface area contributed by atoms with Crippen LogP contribution in [-0.4, -0.2) is 34.4 Å². The number of rotatable bonds is 3. The van der Waals surface area contributed by atoms with E-state index in [9.17, 15) is 35.9 Å². The van der Waals surface area contributed by atoms with Gasteiger partial charge in [0, 0.05) is 29.1 Å². The molecule has 0 aliphatic carbocycles. The molecule has 2 heterocycles. The summed E-state index contributed by atoms with van der Waals surface area (Å²) in [5.74, 6) is -2.18. The van der Waals surface area contributed by atoms with Crippen molar-refractivity contribution < 1.29 is 40.7 Å². The zero-order valence-corrected chi connectivity index (χ0v) is 20.8. The number of esters is 1. The summed E-state index contributed by atoms with van der Waals surface area (Å²) in [6.07, 6.45) is -9.58. The van der Waals surface area contributed by atoms with E-state index in [2.05, 4.69) is 4.98 Å². The lowest BCUT2D eigenvalue weighted by molar-refractivity contribution is -0.141. The van der Waals surface area contributed by atoms with Crippen LogP contribution in [0.3, 0.4) is 0 Å². The summed E-state index contributed by atoms with van der Waals surface area (Å²) in [4.78, 5) is 30.7. The van der Waals surface area contributed by atoms with Crippen LogP contribution in [-0.2, 0) is 27.3 Å². The molecule has 38 heavy (non-hydrogen) atoms. The molecule has 3 aromatic rings. The van der Waals surface area contributed by atoms with Crippen molar-refractivity contribution in [1.82, 2.24) is 9.88 Å². The summed E-state index contributed by atoms with van der Waals surface area (Å²) in [6, 6.07) is 7.85. The number of hydrogen-bond acceptors (Lipinski definition) is 3. The van der Waals surface area contributed by atoms with E-state index in [-0.39, 0.29) is 30.3 Å². The SMILES string of the molecule is CC(C)OC(=O)C1=CN(C(=O)c2cc(C(F)(F)F)ccc2C(F)(F)F)CC(C)(C)c2c1[nH]c1ccccc21. The average Bonchev–Trinajstić information content (AvgIpc) is 3.14. The van der Waals surface area contributed by atoms with Gasteiger partial charge >= 0.3 is 18.3 Å². The number of aromatic amines is 1. The summed E-state index contributed by atoms with van der Waals surface area (Å²) in [5.41, 5.74) is -3.54. The van der Waals surface area contributed by atoms with E-state index < -0.39 is 52.4 Å². The van der Waals surface area contributed by atoms with Crippen LogP contribution in [0.15, 0.2) is 48.7 Å². The molecule has 5 nitrogen and oxygen atoms in total. The molecule has 0 unspecified atom stereocenters. The van der Waals surface area contributed by atoms with Gasteiger partial charge in [-0.25, -0.2) is 4.79 Å². The number of nitrogens with one attached hydrogen (secondary N) is 1. The van der Waals surface area contributed by atoms with E-state index in [1.807, 2.05) is 0 Å². The maximum Gasteiger partial charge on any atom is 0.417 e. The number of H-pyrrole nitrogens is 1. The molecule has 202 valence electrons. The molecule has 0 saturated heterocycles. The Morgan fingerprint density at radius 2 is 1.66 bits per heavy atom. The highest BCUT2D eigenvalue weighted by molar-refractivity contribution is 6.18. The van der Waals surface area contributed by atoms with Gasteiger partial charge in [0.2, 0.25) is 0 Å². The number of benzene rings is 2. The predicted molar refractivity (Wildman–Crippen MR) is 128 cm³/mol. The van der Waals surface area contributed by atoms with Gasteiger partial charge in [-0.15, -0.1) is 0 Å². The lowest BCUT2D eigenvalue weighted by atomic mass is 9.81. The molecule has 0 fully saturated rings. The summed E-state index contributed by atoms with van der Waals surface area (Å²) in [7, 11) is 0. The Morgan fingerprint density at radius 1 is 1.00 bits per heavy atom. The molecule has 1 aliphatic rings. The van der Waals surface area contributed by atoms with Gasteiger partial charge < -0.3 is 14.6 Å². The number of alkyl halides is 6. The Hall–Kier alpha value is -3.76. The number of carbonyl (C=O) groups is 2. The van der Waals surface area contributed by atoms with E-state index >= 15 is 0 Å². The van der Waals surface area contributed by atoms with E-state index in [0.717, 1.165) is 16.5 Å². The van der Waals surface area contributed by atoms with Crippen molar-refractivity contribution in [3.05, 3.63) is 76.6 Å². The first-order chi connectivity index (χ1) is 17.5. The molecule has 0 saturated carbocycles. The van der Waals surface area contributed by atoms with E-state index in [4.69, 9.17) is 4.74 Å². The average molecular weight is 538 g/mol. The van der Waals surface area contributed by atoms with Crippen molar-refractivity contribution in [1.29, 1.82) is 0 Å². The first kappa shape index (κ1) is 27.3. The fourth-order valence-electron chi connectivity index (χ4n) is 4.68. The van der Waals surface area contributed by atoms with Gasteiger partial charge in [-0.2, -0.15) is 26.3 Å². The number of nitrogens with zero attached hydrogens (tertiary/aromatic N) is 1. The highest BCUT2D eigenvalue weighted by Gasteiger charge is 2.42. The minimum Gasteiger partial charge on any atom is -0.459 e. The van der Waals surface area contributed by atoms with Crippen LogP contribution in [0.5, 0.6) is 0 Å². The minimum atomic E-state index is -5.10. The molecule has 0 radical (unpaired) electrons. The Morgan fingerprint density at radius 3 is 2.26 bits per heavy atom. The van der Waals surface area contributed by atoms with Gasteiger partial charge in [-0.3, -0.25) is 4.79 Å². The molecule has 1 aliphatic heterocycles. The lowest BCUT2D eigenvalue weighted by Crippen LogP contribution is -2.37. The molecular formula is C27H24F6N2O3. The van der Waals surface area contributed by atoms with Crippen molar-refractivity contribution >= 4 is 28.4 Å². The molecule has 2 aromatic carbocycles. The van der Waals surface area contributed by atoms with Crippen molar-refractivity contribution in [3.8, 4) is 0 Å². The summed E-state index contributed by atoms with van der Waals surface area (Å²) in [5, 5.41) is 0.722. The van der Waals surface area contributed by atoms with Crippen LogP contribution in [0.1, 0.15) is 60.4 Å². The molecule has 0 atom stereocenters. The summed E-state index contributed by atoms with van der Waals surface area (Å²) >= 11 is 0. The van der Waals surface area contributed by atoms with Crippen LogP contribution in [0.2, 0.25) is 0 Å². The highest BCUT2D eigenvalue weighted by Crippen LogP contribution is 2.42. The van der Waals surface area contributed by atoms with Crippen LogP contribution >= 0.6 is 0 Å².